The molecule has 0 aromatic heterocycles. The monoisotopic (exact) mass is 238 g/mol. The maximum Gasteiger partial charge on any atom is 0.319 e. The molecule has 0 bridgehead atoms. The fraction of sp³-hybridized carbons (Fsp3) is 0.667. The van der Waals surface area contributed by atoms with E-state index in [2.05, 4.69) is 13.8 Å². The first-order chi connectivity index (χ1) is 7.08. The van der Waals surface area contributed by atoms with Crippen molar-refractivity contribution in [3.05, 3.63) is 12.3 Å². The predicted octanol–water partition coefficient (Wildman–Crippen LogP) is 2.53. The van der Waals surface area contributed by atoms with Crippen LogP contribution in [0.2, 0.25) is 0 Å². The zero-order valence-corrected chi connectivity index (χ0v) is 10.6. The SMILES string of the molecule is CC=COC(C)=O.CCO[PH](=O)OCC. The van der Waals surface area contributed by atoms with Crippen LogP contribution in [0, 0.1) is 0 Å². The number of carbonyl (C=O) groups excluding carboxylic acids is 1. The minimum absolute atomic E-state index is 0.280. The molecule has 0 spiro atoms. The van der Waals surface area contributed by atoms with E-state index in [1.54, 1.807) is 26.8 Å². The third kappa shape index (κ3) is 19.7. The standard InChI is InChI=1S/C5H8O2.C4H11O3P/c1-3-4-7-5(2)6;1-3-6-8(5)7-4-2/h3-4H,1-2H3;8H,3-4H2,1-2H3. The highest BCUT2D eigenvalue weighted by atomic mass is 31.1. The highest BCUT2D eigenvalue weighted by Crippen LogP contribution is 2.21. The molecule has 0 aromatic rings. The largest absolute Gasteiger partial charge is 0.435 e. The molecule has 5 nitrogen and oxygen atoms in total. The van der Waals surface area contributed by atoms with Gasteiger partial charge < -0.3 is 13.8 Å². The molecule has 90 valence electrons. The molecule has 0 aliphatic carbocycles. The molecule has 0 amide bonds. The maximum absolute atomic E-state index is 10.4. The van der Waals surface area contributed by atoms with Crippen LogP contribution in [0.4, 0.5) is 0 Å². The number of carbonyl (C=O) groups is 1. The summed E-state index contributed by atoms with van der Waals surface area (Å²) in [7, 11) is -2.14. The smallest absolute Gasteiger partial charge is 0.319 e. The first-order valence-corrected chi connectivity index (χ1v) is 5.88. The second-order valence-corrected chi connectivity index (χ2v) is 3.27. The number of ether oxygens (including phenoxy) is 1. The van der Waals surface area contributed by atoms with Crippen molar-refractivity contribution < 1.29 is 23.1 Å². The Kier molecular flexibility index (Phi) is 14.9. The van der Waals surface area contributed by atoms with Gasteiger partial charge in [-0.25, -0.2) is 0 Å². The van der Waals surface area contributed by atoms with E-state index in [0.29, 0.717) is 13.2 Å². The summed E-state index contributed by atoms with van der Waals surface area (Å²) in [5.74, 6) is -0.280. The van der Waals surface area contributed by atoms with Crippen LogP contribution in [0.3, 0.4) is 0 Å². The normalized spacial score (nSPS) is 9.93. The Labute approximate surface area is 91.4 Å². The maximum atomic E-state index is 10.4. The molecule has 0 aliphatic heterocycles. The predicted molar refractivity (Wildman–Crippen MR) is 58.8 cm³/mol. The molecule has 0 fully saturated rings. The van der Waals surface area contributed by atoms with Gasteiger partial charge in [-0.1, -0.05) is 6.08 Å². The Hall–Kier alpha value is -0.640. The van der Waals surface area contributed by atoms with Gasteiger partial charge in [0.2, 0.25) is 0 Å². The second-order valence-electron chi connectivity index (χ2n) is 2.19. The summed E-state index contributed by atoms with van der Waals surface area (Å²) in [5, 5.41) is 0. The van der Waals surface area contributed by atoms with E-state index in [1.165, 1.54) is 13.2 Å². The quantitative estimate of drug-likeness (QED) is 0.418. The van der Waals surface area contributed by atoms with E-state index in [-0.39, 0.29) is 5.97 Å². The third-order valence-corrected chi connectivity index (χ3v) is 1.94. The van der Waals surface area contributed by atoms with E-state index >= 15 is 0 Å². The van der Waals surface area contributed by atoms with Crippen LogP contribution in [0.5, 0.6) is 0 Å². The Balaban J connectivity index is 0. The first kappa shape index (κ1) is 16.8. The van der Waals surface area contributed by atoms with Crippen molar-refractivity contribution in [1.82, 2.24) is 0 Å². The molecule has 0 radical (unpaired) electrons. The van der Waals surface area contributed by atoms with Crippen molar-refractivity contribution in [1.29, 1.82) is 0 Å². The molecule has 15 heavy (non-hydrogen) atoms. The molecule has 0 aliphatic rings. The zero-order valence-electron chi connectivity index (χ0n) is 9.61. The molecular weight excluding hydrogens is 219 g/mol. The summed E-state index contributed by atoms with van der Waals surface area (Å²) in [4.78, 5) is 9.93. The minimum Gasteiger partial charge on any atom is -0.435 e. The van der Waals surface area contributed by atoms with Gasteiger partial charge in [0.15, 0.2) is 0 Å². The summed E-state index contributed by atoms with van der Waals surface area (Å²) in [6.07, 6.45) is 3.00. The van der Waals surface area contributed by atoms with Crippen LogP contribution >= 0.6 is 8.25 Å². The lowest BCUT2D eigenvalue weighted by Gasteiger charge is -1.97. The van der Waals surface area contributed by atoms with Crippen molar-refractivity contribution in [3.8, 4) is 0 Å². The molecule has 0 heterocycles. The summed E-state index contributed by atoms with van der Waals surface area (Å²) in [5.41, 5.74) is 0. The van der Waals surface area contributed by atoms with Crippen LogP contribution in [-0.4, -0.2) is 19.2 Å². The van der Waals surface area contributed by atoms with Gasteiger partial charge in [0, 0.05) is 6.92 Å². The van der Waals surface area contributed by atoms with Gasteiger partial charge in [-0.05, 0) is 20.8 Å². The Bertz CT molecular complexity index is 195. The molecule has 6 heteroatoms. The summed E-state index contributed by atoms with van der Waals surface area (Å²) < 4.78 is 24.0. The van der Waals surface area contributed by atoms with E-state index in [0.717, 1.165) is 0 Å². The summed E-state index contributed by atoms with van der Waals surface area (Å²) >= 11 is 0. The second kappa shape index (κ2) is 13.4. The van der Waals surface area contributed by atoms with E-state index in [9.17, 15) is 9.36 Å². The number of rotatable bonds is 5. The lowest BCUT2D eigenvalue weighted by molar-refractivity contribution is -0.135. The summed E-state index contributed by atoms with van der Waals surface area (Å²) in [6.45, 7) is 7.61. The van der Waals surface area contributed by atoms with Gasteiger partial charge in [-0.15, -0.1) is 0 Å². The fourth-order valence-corrected chi connectivity index (χ4v) is 0.996. The van der Waals surface area contributed by atoms with Crippen LogP contribution in [0.1, 0.15) is 27.7 Å². The lowest BCUT2D eigenvalue weighted by Crippen LogP contribution is -1.88. The van der Waals surface area contributed by atoms with Gasteiger partial charge in [0.25, 0.3) is 0 Å². The molecule has 0 atom stereocenters. The minimum atomic E-state index is -2.14. The van der Waals surface area contributed by atoms with E-state index in [1.807, 2.05) is 0 Å². The van der Waals surface area contributed by atoms with Crippen LogP contribution in [-0.2, 0) is 23.1 Å². The number of hydrogen-bond acceptors (Lipinski definition) is 5. The number of esters is 1. The van der Waals surface area contributed by atoms with Crippen molar-refractivity contribution in [2.45, 2.75) is 27.7 Å². The van der Waals surface area contributed by atoms with Crippen LogP contribution in [0.15, 0.2) is 12.3 Å². The van der Waals surface area contributed by atoms with Gasteiger partial charge in [0.1, 0.15) is 0 Å². The molecule has 0 N–H and O–H groups in total. The lowest BCUT2D eigenvalue weighted by atomic mass is 10.7. The van der Waals surface area contributed by atoms with E-state index < -0.39 is 8.25 Å². The Morgan fingerprint density at radius 3 is 1.93 bits per heavy atom. The molecule has 0 aromatic carbocycles. The number of hydrogen-bond donors (Lipinski definition) is 0. The Morgan fingerprint density at radius 2 is 1.73 bits per heavy atom. The first-order valence-electron chi connectivity index (χ1n) is 4.66. The van der Waals surface area contributed by atoms with Gasteiger partial charge in [0.05, 0.1) is 19.5 Å². The van der Waals surface area contributed by atoms with Crippen molar-refractivity contribution in [2.75, 3.05) is 13.2 Å². The molecule has 0 saturated carbocycles. The topological polar surface area (TPSA) is 61.8 Å². The average molecular weight is 238 g/mol. The average Bonchev–Trinajstić information content (AvgIpc) is 2.16. The van der Waals surface area contributed by atoms with Crippen molar-refractivity contribution >= 4 is 14.2 Å². The fourth-order valence-electron chi connectivity index (χ4n) is 0.441. The van der Waals surface area contributed by atoms with Gasteiger partial charge >= 0.3 is 14.2 Å². The molecule has 0 saturated heterocycles. The van der Waals surface area contributed by atoms with Gasteiger partial charge in [-0.2, -0.15) is 0 Å². The number of allylic oxidation sites excluding steroid dienone is 1. The zero-order chi connectivity index (χ0) is 12.1. The third-order valence-electron chi connectivity index (χ3n) is 0.894. The molecule has 0 unspecified atom stereocenters. The highest BCUT2D eigenvalue weighted by molar-refractivity contribution is 7.33. The highest BCUT2D eigenvalue weighted by Gasteiger charge is 1.91. The van der Waals surface area contributed by atoms with Crippen LogP contribution < -0.4 is 0 Å². The Morgan fingerprint density at radius 1 is 1.27 bits per heavy atom. The molecular formula is C9H19O5P. The van der Waals surface area contributed by atoms with Crippen molar-refractivity contribution in [3.63, 3.8) is 0 Å². The van der Waals surface area contributed by atoms with Crippen molar-refractivity contribution in [2.24, 2.45) is 0 Å². The van der Waals surface area contributed by atoms with Gasteiger partial charge in [-0.3, -0.25) is 9.36 Å². The van der Waals surface area contributed by atoms with Crippen LogP contribution in [0.25, 0.3) is 0 Å². The molecule has 0 rings (SSSR count). The summed E-state index contributed by atoms with van der Waals surface area (Å²) in [6, 6.07) is 0. The van der Waals surface area contributed by atoms with E-state index in [4.69, 9.17) is 0 Å².